The number of aliphatic hydroxyl groups excluding tert-OH is 1. The van der Waals surface area contributed by atoms with Crippen molar-refractivity contribution >= 4 is 17.7 Å². The predicted molar refractivity (Wildman–Crippen MR) is 59.5 cm³/mol. The van der Waals surface area contributed by atoms with Crippen LogP contribution in [0.5, 0.6) is 0 Å². The van der Waals surface area contributed by atoms with Crippen LogP contribution in [0.15, 0.2) is 18.5 Å². The highest BCUT2D eigenvalue weighted by Crippen LogP contribution is 2.06. The fraction of sp³-hybridized carbons (Fsp3) is 0.556. The van der Waals surface area contributed by atoms with E-state index in [0.717, 1.165) is 12.2 Å². The maximum atomic E-state index is 8.85. The molecular formula is C9H15N3OS. The van der Waals surface area contributed by atoms with Crippen molar-refractivity contribution in [2.45, 2.75) is 12.5 Å². The Morgan fingerprint density at radius 2 is 2.21 bits per heavy atom. The number of hydrogen-bond donors (Lipinski definition) is 2. The molecule has 1 rings (SSSR count). The lowest BCUT2D eigenvalue weighted by molar-refractivity contribution is 0.282. The Kier molecular flexibility index (Phi) is 5.32. The van der Waals surface area contributed by atoms with E-state index in [4.69, 9.17) is 5.11 Å². The number of nitrogens with one attached hydrogen (secondary N) is 1. The van der Waals surface area contributed by atoms with E-state index in [1.54, 1.807) is 30.2 Å². The summed E-state index contributed by atoms with van der Waals surface area (Å²) in [6.45, 7) is 0.186. The van der Waals surface area contributed by atoms with E-state index in [9.17, 15) is 0 Å². The molecule has 0 spiro atoms. The molecule has 1 aromatic heterocycles. The number of aromatic nitrogens is 2. The van der Waals surface area contributed by atoms with Gasteiger partial charge in [0.25, 0.3) is 0 Å². The molecule has 1 heterocycles. The third-order valence-electron chi connectivity index (χ3n) is 1.74. The van der Waals surface area contributed by atoms with Crippen molar-refractivity contribution in [2.24, 2.45) is 0 Å². The molecule has 0 aliphatic heterocycles. The van der Waals surface area contributed by atoms with Crippen LogP contribution in [-0.2, 0) is 0 Å². The Balaban J connectivity index is 2.46. The van der Waals surface area contributed by atoms with Gasteiger partial charge in [0.05, 0.1) is 0 Å². The van der Waals surface area contributed by atoms with Crippen molar-refractivity contribution in [2.75, 3.05) is 23.9 Å². The molecule has 1 atom stereocenters. The van der Waals surface area contributed by atoms with Crippen LogP contribution in [0.4, 0.5) is 5.95 Å². The first-order valence-corrected chi connectivity index (χ1v) is 5.89. The summed E-state index contributed by atoms with van der Waals surface area (Å²) >= 11 is 1.74. The van der Waals surface area contributed by atoms with Crippen molar-refractivity contribution in [3.8, 4) is 0 Å². The second kappa shape index (κ2) is 6.62. The molecule has 1 aromatic rings. The molecule has 0 bridgehead atoms. The summed E-state index contributed by atoms with van der Waals surface area (Å²) in [5.41, 5.74) is 0. The van der Waals surface area contributed by atoms with Crippen LogP contribution in [0.25, 0.3) is 0 Å². The lowest BCUT2D eigenvalue weighted by atomic mass is 10.2. The van der Waals surface area contributed by atoms with Crippen LogP contribution in [0.1, 0.15) is 6.42 Å². The van der Waals surface area contributed by atoms with Crippen LogP contribution in [0, 0.1) is 0 Å². The monoisotopic (exact) mass is 213 g/mol. The summed E-state index contributed by atoms with van der Waals surface area (Å²) in [6.07, 6.45) is 6.16. The predicted octanol–water partition coefficient (Wildman–Crippen LogP) is 1.00. The molecule has 1 unspecified atom stereocenters. The first kappa shape index (κ1) is 11.3. The van der Waals surface area contributed by atoms with Crippen LogP contribution >= 0.6 is 11.8 Å². The smallest absolute Gasteiger partial charge is 0.222 e. The topological polar surface area (TPSA) is 58.0 Å². The Hall–Kier alpha value is -0.810. The summed E-state index contributed by atoms with van der Waals surface area (Å²) in [5.74, 6) is 1.57. The third-order valence-corrected chi connectivity index (χ3v) is 2.48. The summed E-state index contributed by atoms with van der Waals surface area (Å²) in [4.78, 5) is 8.14. The van der Waals surface area contributed by atoms with Gasteiger partial charge in [0.15, 0.2) is 0 Å². The Morgan fingerprint density at radius 3 is 2.79 bits per heavy atom. The Morgan fingerprint density at radius 1 is 1.50 bits per heavy atom. The minimum absolute atomic E-state index is 0.186. The normalized spacial score (nSPS) is 12.4. The zero-order valence-electron chi connectivity index (χ0n) is 8.18. The van der Waals surface area contributed by atoms with Gasteiger partial charge < -0.3 is 10.4 Å². The Labute approximate surface area is 88.2 Å². The van der Waals surface area contributed by atoms with E-state index in [0.29, 0.717) is 5.95 Å². The second-order valence-corrected chi connectivity index (χ2v) is 3.79. The van der Waals surface area contributed by atoms with E-state index in [2.05, 4.69) is 15.3 Å². The van der Waals surface area contributed by atoms with Gasteiger partial charge in [-0.2, -0.15) is 11.8 Å². The standard InChI is InChI=1S/C9H15N3OS/c1-14-7-8(3-6-13)12-9-10-4-2-5-11-9/h2,4-5,8,13H,3,6-7H2,1H3,(H,10,11,12). The van der Waals surface area contributed by atoms with Gasteiger partial charge >= 0.3 is 0 Å². The summed E-state index contributed by atoms with van der Waals surface area (Å²) < 4.78 is 0. The van der Waals surface area contributed by atoms with Crippen molar-refractivity contribution in [1.29, 1.82) is 0 Å². The molecule has 14 heavy (non-hydrogen) atoms. The average molecular weight is 213 g/mol. The zero-order chi connectivity index (χ0) is 10.2. The molecule has 5 heteroatoms. The van der Waals surface area contributed by atoms with Gasteiger partial charge in [-0.05, 0) is 18.7 Å². The third kappa shape index (κ3) is 3.93. The van der Waals surface area contributed by atoms with E-state index in [-0.39, 0.29) is 12.6 Å². The fourth-order valence-corrected chi connectivity index (χ4v) is 1.76. The van der Waals surface area contributed by atoms with Crippen LogP contribution in [-0.4, -0.2) is 39.7 Å². The van der Waals surface area contributed by atoms with E-state index < -0.39 is 0 Å². The minimum atomic E-state index is 0.186. The average Bonchev–Trinajstić information content (AvgIpc) is 2.20. The van der Waals surface area contributed by atoms with Gasteiger partial charge in [-0.15, -0.1) is 0 Å². The van der Waals surface area contributed by atoms with Gasteiger partial charge in [0, 0.05) is 30.8 Å². The van der Waals surface area contributed by atoms with Crippen molar-refractivity contribution < 1.29 is 5.11 Å². The molecule has 2 N–H and O–H groups in total. The highest BCUT2D eigenvalue weighted by atomic mass is 32.2. The zero-order valence-corrected chi connectivity index (χ0v) is 9.00. The molecule has 0 saturated heterocycles. The van der Waals surface area contributed by atoms with Crippen LogP contribution < -0.4 is 5.32 Å². The number of hydrogen-bond acceptors (Lipinski definition) is 5. The van der Waals surface area contributed by atoms with Gasteiger partial charge in [-0.1, -0.05) is 0 Å². The minimum Gasteiger partial charge on any atom is -0.396 e. The van der Waals surface area contributed by atoms with Crippen LogP contribution in [0.2, 0.25) is 0 Å². The van der Waals surface area contributed by atoms with Gasteiger partial charge in [0.2, 0.25) is 5.95 Å². The lowest BCUT2D eigenvalue weighted by Gasteiger charge is -2.15. The first-order chi connectivity index (χ1) is 6.86. The molecule has 0 fully saturated rings. The highest BCUT2D eigenvalue weighted by Gasteiger charge is 2.07. The van der Waals surface area contributed by atoms with E-state index in [1.165, 1.54) is 0 Å². The largest absolute Gasteiger partial charge is 0.396 e. The number of aliphatic hydroxyl groups is 1. The molecule has 0 aromatic carbocycles. The summed E-state index contributed by atoms with van der Waals surface area (Å²) in [7, 11) is 0. The highest BCUT2D eigenvalue weighted by molar-refractivity contribution is 7.98. The van der Waals surface area contributed by atoms with E-state index >= 15 is 0 Å². The molecule has 0 amide bonds. The number of thioether (sulfide) groups is 1. The van der Waals surface area contributed by atoms with Gasteiger partial charge in [-0.3, -0.25) is 0 Å². The van der Waals surface area contributed by atoms with Crippen molar-refractivity contribution in [3.63, 3.8) is 0 Å². The van der Waals surface area contributed by atoms with Gasteiger partial charge in [0.1, 0.15) is 0 Å². The molecule has 0 aliphatic carbocycles. The van der Waals surface area contributed by atoms with Crippen LogP contribution in [0.3, 0.4) is 0 Å². The molecular weight excluding hydrogens is 198 g/mol. The lowest BCUT2D eigenvalue weighted by Crippen LogP contribution is -2.24. The second-order valence-electron chi connectivity index (χ2n) is 2.88. The van der Waals surface area contributed by atoms with E-state index in [1.807, 2.05) is 6.26 Å². The van der Waals surface area contributed by atoms with Crippen molar-refractivity contribution in [3.05, 3.63) is 18.5 Å². The Bertz CT molecular complexity index is 239. The number of nitrogens with zero attached hydrogens (tertiary/aromatic N) is 2. The van der Waals surface area contributed by atoms with Crippen molar-refractivity contribution in [1.82, 2.24) is 9.97 Å². The number of anilines is 1. The molecule has 0 radical (unpaired) electrons. The fourth-order valence-electron chi connectivity index (χ4n) is 1.11. The molecule has 0 aliphatic rings. The summed E-state index contributed by atoms with van der Waals surface area (Å²) in [5, 5.41) is 12.0. The summed E-state index contributed by atoms with van der Waals surface area (Å²) in [6, 6.07) is 2.01. The molecule has 4 nitrogen and oxygen atoms in total. The maximum Gasteiger partial charge on any atom is 0.222 e. The first-order valence-electron chi connectivity index (χ1n) is 4.50. The quantitative estimate of drug-likeness (QED) is 0.738. The maximum absolute atomic E-state index is 8.85. The molecule has 0 saturated carbocycles. The SMILES string of the molecule is CSCC(CCO)Nc1ncccn1. The molecule has 78 valence electrons. The number of rotatable bonds is 6. The van der Waals surface area contributed by atoms with Gasteiger partial charge in [-0.25, -0.2) is 9.97 Å².